The predicted octanol–water partition coefficient (Wildman–Crippen LogP) is 5.08. The summed E-state index contributed by atoms with van der Waals surface area (Å²) in [4.78, 5) is 12.6. The van der Waals surface area contributed by atoms with Crippen LogP contribution in [0.2, 0.25) is 5.02 Å². The lowest BCUT2D eigenvalue weighted by molar-refractivity contribution is 0.102. The van der Waals surface area contributed by atoms with E-state index in [1.807, 2.05) is 26.0 Å². The van der Waals surface area contributed by atoms with Crippen molar-refractivity contribution in [1.29, 1.82) is 0 Å². The Hall–Kier alpha value is -1.72. The van der Waals surface area contributed by atoms with Crippen molar-refractivity contribution in [1.82, 2.24) is 0 Å². The zero-order chi connectivity index (χ0) is 17.3. The number of anilines is 1. The molecular formula is C18H17BrClNO3. The Balaban J connectivity index is 1.91. The molecule has 1 heterocycles. The van der Waals surface area contributed by atoms with Crippen LogP contribution in [0.15, 0.2) is 34.8 Å². The highest BCUT2D eigenvalue weighted by molar-refractivity contribution is 9.10. The molecular weight excluding hydrogens is 394 g/mol. The SMILES string of the molecule is CCOc1cc2c(cc1NC(=O)c1ccc(Br)cc1Cl)OC(C)C2. The lowest BCUT2D eigenvalue weighted by Gasteiger charge is -2.14. The lowest BCUT2D eigenvalue weighted by atomic mass is 10.1. The molecule has 3 rings (SSSR count). The molecule has 0 spiro atoms. The summed E-state index contributed by atoms with van der Waals surface area (Å²) >= 11 is 9.49. The minimum absolute atomic E-state index is 0.126. The Bertz CT molecular complexity index is 794. The fraction of sp³-hybridized carbons (Fsp3) is 0.278. The van der Waals surface area contributed by atoms with E-state index in [-0.39, 0.29) is 12.0 Å². The molecule has 0 aromatic heterocycles. The quantitative estimate of drug-likeness (QED) is 0.765. The van der Waals surface area contributed by atoms with E-state index in [4.69, 9.17) is 21.1 Å². The lowest BCUT2D eigenvalue weighted by Crippen LogP contribution is -2.13. The summed E-state index contributed by atoms with van der Waals surface area (Å²) in [5.41, 5.74) is 2.07. The molecule has 1 aliphatic heterocycles. The van der Waals surface area contributed by atoms with Crippen LogP contribution >= 0.6 is 27.5 Å². The van der Waals surface area contributed by atoms with E-state index in [0.29, 0.717) is 28.6 Å². The molecule has 1 aliphatic rings. The van der Waals surface area contributed by atoms with Gasteiger partial charge in [0.15, 0.2) is 0 Å². The van der Waals surface area contributed by atoms with Gasteiger partial charge >= 0.3 is 0 Å². The van der Waals surface area contributed by atoms with Crippen molar-refractivity contribution in [2.24, 2.45) is 0 Å². The van der Waals surface area contributed by atoms with Crippen LogP contribution in [0.5, 0.6) is 11.5 Å². The first-order chi connectivity index (χ1) is 11.5. The molecule has 1 atom stereocenters. The Labute approximate surface area is 154 Å². The average Bonchev–Trinajstić information content (AvgIpc) is 2.86. The third-order valence-electron chi connectivity index (χ3n) is 3.72. The number of halogens is 2. The second-order valence-corrected chi connectivity index (χ2v) is 6.92. The molecule has 24 heavy (non-hydrogen) atoms. The summed E-state index contributed by atoms with van der Waals surface area (Å²) in [6.45, 7) is 4.43. The van der Waals surface area contributed by atoms with Crippen LogP contribution in [0.1, 0.15) is 29.8 Å². The van der Waals surface area contributed by atoms with Crippen molar-refractivity contribution in [3.8, 4) is 11.5 Å². The molecule has 0 fully saturated rings. The standard InChI is InChI=1S/C18H17BrClNO3/c1-3-23-17-7-11-6-10(2)24-16(11)9-15(17)21-18(22)13-5-4-12(19)8-14(13)20/h4-5,7-10H,3,6H2,1-2H3,(H,21,22). The van der Waals surface area contributed by atoms with Gasteiger partial charge < -0.3 is 14.8 Å². The number of hydrogen-bond donors (Lipinski definition) is 1. The van der Waals surface area contributed by atoms with Gasteiger partial charge in [0.2, 0.25) is 0 Å². The summed E-state index contributed by atoms with van der Waals surface area (Å²) in [5.74, 6) is 1.12. The number of carbonyl (C=O) groups excluding carboxylic acids is 1. The molecule has 2 aromatic carbocycles. The van der Waals surface area contributed by atoms with Gasteiger partial charge in [-0.1, -0.05) is 27.5 Å². The average molecular weight is 411 g/mol. The van der Waals surface area contributed by atoms with E-state index in [0.717, 1.165) is 22.2 Å². The molecule has 1 amide bonds. The molecule has 0 bridgehead atoms. The largest absolute Gasteiger partial charge is 0.492 e. The molecule has 126 valence electrons. The second kappa shape index (κ2) is 7.03. The molecule has 0 radical (unpaired) electrons. The summed E-state index contributed by atoms with van der Waals surface area (Å²) in [5, 5.41) is 3.25. The number of benzene rings is 2. The minimum atomic E-state index is -0.292. The Morgan fingerprint density at radius 3 is 2.92 bits per heavy atom. The van der Waals surface area contributed by atoms with Crippen molar-refractivity contribution in [2.45, 2.75) is 26.4 Å². The number of hydrogen-bond acceptors (Lipinski definition) is 3. The molecule has 4 nitrogen and oxygen atoms in total. The van der Waals surface area contributed by atoms with Crippen LogP contribution in [-0.4, -0.2) is 18.6 Å². The van der Waals surface area contributed by atoms with Crippen molar-refractivity contribution < 1.29 is 14.3 Å². The molecule has 1 unspecified atom stereocenters. The van der Waals surface area contributed by atoms with Gasteiger partial charge in [-0.05, 0) is 38.1 Å². The van der Waals surface area contributed by atoms with E-state index in [1.165, 1.54) is 0 Å². The summed E-state index contributed by atoms with van der Waals surface area (Å²) in [6, 6.07) is 8.88. The van der Waals surface area contributed by atoms with E-state index in [9.17, 15) is 4.79 Å². The van der Waals surface area contributed by atoms with Crippen molar-refractivity contribution in [2.75, 3.05) is 11.9 Å². The van der Waals surface area contributed by atoms with E-state index >= 15 is 0 Å². The van der Waals surface area contributed by atoms with Gasteiger partial charge in [0.1, 0.15) is 17.6 Å². The van der Waals surface area contributed by atoms with Crippen LogP contribution in [0.25, 0.3) is 0 Å². The minimum Gasteiger partial charge on any atom is -0.492 e. The van der Waals surface area contributed by atoms with Gasteiger partial charge in [0.05, 0.1) is 22.9 Å². The van der Waals surface area contributed by atoms with Crippen LogP contribution in [0.3, 0.4) is 0 Å². The number of carbonyl (C=O) groups is 1. The van der Waals surface area contributed by atoms with Crippen LogP contribution in [-0.2, 0) is 6.42 Å². The first kappa shape index (κ1) is 17.1. The summed E-state index contributed by atoms with van der Waals surface area (Å²) in [7, 11) is 0. The van der Waals surface area contributed by atoms with Gasteiger partial charge in [-0.2, -0.15) is 0 Å². The van der Waals surface area contributed by atoms with Gasteiger partial charge in [0.25, 0.3) is 5.91 Å². The fourth-order valence-corrected chi connectivity index (χ4v) is 3.43. The molecule has 6 heteroatoms. The Morgan fingerprint density at radius 2 is 2.21 bits per heavy atom. The maximum Gasteiger partial charge on any atom is 0.257 e. The number of fused-ring (bicyclic) bond motifs is 1. The Kier molecular flexibility index (Phi) is 5.01. The predicted molar refractivity (Wildman–Crippen MR) is 98.5 cm³/mol. The van der Waals surface area contributed by atoms with Crippen LogP contribution in [0, 0.1) is 0 Å². The number of rotatable bonds is 4. The first-order valence-electron chi connectivity index (χ1n) is 7.70. The fourth-order valence-electron chi connectivity index (χ4n) is 2.68. The zero-order valence-corrected chi connectivity index (χ0v) is 15.7. The van der Waals surface area contributed by atoms with E-state index < -0.39 is 0 Å². The summed E-state index contributed by atoms with van der Waals surface area (Å²) < 4.78 is 12.3. The smallest absolute Gasteiger partial charge is 0.257 e. The van der Waals surface area contributed by atoms with Crippen LogP contribution in [0.4, 0.5) is 5.69 Å². The normalized spacial score (nSPS) is 15.6. The third-order valence-corrected chi connectivity index (χ3v) is 4.53. The first-order valence-corrected chi connectivity index (χ1v) is 8.87. The van der Waals surface area contributed by atoms with Crippen molar-refractivity contribution in [3.63, 3.8) is 0 Å². The third kappa shape index (κ3) is 3.52. The molecule has 0 saturated carbocycles. The number of ether oxygens (including phenoxy) is 2. The molecule has 0 saturated heterocycles. The van der Waals surface area contributed by atoms with E-state index in [2.05, 4.69) is 21.2 Å². The number of amides is 1. The molecule has 2 aromatic rings. The van der Waals surface area contributed by atoms with Crippen molar-refractivity contribution >= 4 is 39.1 Å². The molecule has 1 N–H and O–H groups in total. The highest BCUT2D eigenvalue weighted by atomic mass is 79.9. The highest BCUT2D eigenvalue weighted by Gasteiger charge is 2.23. The monoisotopic (exact) mass is 409 g/mol. The van der Waals surface area contributed by atoms with Crippen LogP contribution < -0.4 is 14.8 Å². The van der Waals surface area contributed by atoms with Crippen molar-refractivity contribution in [3.05, 3.63) is 51.0 Å². The van der Waals surface area contributed by atoms with Gasteiger partial charge in [-0.25, -0.2) is 0 Å². The van der Waals surface area contributed by atoms with Gasteiger partial charge in [-0.15, -0.1) is 0 Å². The van der Waals surface area contributed by atoms with Gasteiger partial charge in [0, 0.05) is 22.5 Å². The summed E-state index contributed by atoms with van der Waals surface area (Å²) in [6.07, 6.45) is 0.962. The Morgan fingerprint density at radius 1 is 1.42 bits per heavy atom. The maximum atomic E-state index is 12.6. The number of nitrogens with one attached hydrogen (secondary N) is 1. The van der Waals surface area contributed by atoms with E-state index in [1.54, 1.807) is 18.2 Å². The molecule has 0 aliphatic carbocycles. The van der Waals surface area contributed by atoms with Gasteiger partial charge in [-0.3, -0.25) is 4.79 Å². The highest BCUT2D eigenvalue weighted by Crippen LogP contribution is 2.38. The topological polar surface area (TPSA) is 47.6 Å². The second-order valence-electron chi connectivity index (χ2n) is 5.60. The maximum absolute atomic E-state index is 12.6. The zero-order valence-electron chi connectivity index (χ0n) is 13.4.